The molecule has 6 heteroatoms. The maximum absolute atomic E-state index is 11.2. The second-order valence-corrected chi connectivity index (χ2v) is 5.70. The predicted molar refractivity (Wildman–Crippen MR) is 53.5 cm³/mol. The zero-order valence-electron chi connectivity index (χ0n) is 8.03. The van der Waals surface area contributed by atoms with Gasteiger partial charge in [-0.25, -0.2) is 8.42 Å². The SMILES string of the molecule is CC(=O)Oc1scc(S(C)(=O)=O)c1C. The second kappa shape index (κ2) is 3.70. The van der Waals surface area contributed by atoms with E-state index in [1.165, 1.54) is 12.3 Å². The van der Waals surface area contributed by atoms with Crippen LogP contribution in [-0.4, -0.2) is 20.6 Å². The van der Waals surface area contributed by atoms with E-state index in [1.807, 2.05) is 0 Å². The highest BCUT2D eigenvalue weighted by molar-refractivity contribution is 7.90. The van der Waals surface area contributed by atoms with Crippen LogP contribution in [-0.2, 0) is 14.6 Å². The monoisotopic (exact) mass is 234 g/mol. The molecule has 0 amide bonds. The first-order chi connectivity index (χ1) is 6.32. The summed E-state index contributed by atoms with van der Waals surface area (Å²) in [7, 11) is -3.23. The summed E-state index contributed by atoms with van der Waals surface area (Å²) in [4.78, 5) is 10.9. The van der Waals surface area contributed by atoms with Crippen LogP contribution in [0.1, 0.15) is 12.5 Å². The number of esters is 1. The van der Waals surface area contributed by atoms with Gasteiger partial charge < -0.3 is 4.74 Å². The van der Waals surface area contributed by atoms with E-state index in [1.54, 1.807) is 6.92 Å². The summed E-state index contributed by atoms with van der Waals surface area (Å²) in [6.45, 7) is 2.89. The van der Waals surface area contributed by atoms with E-state index < -0.39 is 15.8 Å². The summed E-state index contributed by atoms with van der Waals surface area (Å²) >= 11 is 1.11. The average molecular weight is 234 g/mol. The van der Waals surface area contributed by atoms with Gasteiger partial charge in [0.05, 0.1) is 4.90 Å². The van der Waals surface area contributed by atoms with Crippen molar-refractivity contribution < 1.29 is 17.9 Å². The van der Waals surface area contributed by atoms with Gasteiger partial charge in [-0.3, -0.25) is 4.79 Å². The van der Waals surface area contributed by atoms with Crippen molar-refractivity contribution in [1.82, 2.24) is 0 Å². The smallest absolute Gasteiger partial charge is 0.308 e. The topological polar surface area (TPSA) is 60.4 Å². The van der Waals surface area contributed by atoms with Crippen LogP contribution in [0.4, 0.5) is 0 Å². The minimum atomic E-state index is -3.23. The summed E-state index contributed by atoms with van der Waals surface area (Å²) in [5, 5.41) is 1.82. The second-order valence-electron chi connectivity index (χ2n) is 2.88. The Morgan fingerprint density at radius 1 is 1.50 bits per heavy atom. The fourth-order valence-electron chi connectivity index (χ4n) is 0.981. The van der Waals surface area contributed by atoms with Gasteiger partial charge in [0.1, 0.15) is 0 Å². The number of rotatable bonds is 2. The summed E-state index contributed by atoms with van der Waals surface area (Å²) in [6, 6.07) is 0. The van der Waals surface area contributed by atoms with Crippen molar-refractivity contribution in [2.24, 2.45) is 0 Å². The van der Waals surface area contributed by atoms with Crippen molar-refractivity contribution >= 4 is 27.1 Å². The van der Waals surface area contributed by atoms with Crippen LogP contribution in [0.15, 0.2) is 10.3 Å². The zero-order valence-corrected chi connectivity index (χ0v) is 9.66. The first-order valence-corrected chi connectivity index (χ1v) is 6.56. The Hall–Kier alpha value is -0.880. The third-order valence-electron chi connectivity index (χ3n) is 1.58. The molecule has 0 saturated heterocycles. The number of hydrogen-bond donors (Lipinski definition) is 0. The van der Waals surface area contributed by atoms with Crippen LogP contribution in [0.3, 0.4) is 0 Å². The number of carbonyl (C=O) groups excluding carboxylic acids is 1. The highest BCUT2D eigenvalue weighted by Gasteiger charge is 2.17. The van der Waals surface area contributed by atoms with Crippen molar-refractivity contribution in [3.63, 3.8) is 0 Å². The quantitative estimate of drug-likeness (QED) is 0.725. The Bertz CT molecular complexity index is 456. The third kappa shape index (κ3) is 2.33. The van der Waals surface area contributed by atoms with E-state index in [4.69, 9.17) is 4.74 Å². The molecule has 0 atom stereocenters. The van der Waals surface area contributed by atoms with Crippen LogP contribution in [0, 0.1) is 6.92 Å². The lowest BCUT2D eigenvalue weighted by molar-refractivity contribution is -0.131. The molecule has 4 nitrogen and oxygen atoms in total. The minimum absolute atomic E-state index is 0.221. The molecule has 0 spiro atoms. The van der Waals surface area contributed by atoms with Crippen molar-refractivity contribution in [3.8, 4) is 5.06 Å². The molecule has 0 radical (unpaired) electrons. The first-order valence-electron chi connectivity index (χ1n) is 3.79. The van der Waals surface area contributed by atoms with Gasteiger partial charge in [-0.2, -0.15) is 0 Å². The highest BCUT2D eigenvalue weighted by Crippen LogP contribution is 2.32. The molecule has 0 aliphatic rings. The van der Waals surface area contributed by atoms with Crippen LogP contribution in [0.25, 0.3) is 0 Å². The molecule has 0 aromatic carbocycles. The van der Waals surface area contributed by atoms with Gasteiger partial charge in [0.15, 0.2) is 14.9 Å². The number of carbonyl (C=O) groups is 1. The number of ether oxygens (including phenoxy) is 1. The lowest BCUT2D eigenvalue weighted by atomic mass is 10.4. The molecule has 1 aromatic heterocycles. The third-order valence-corrected chi connectivity index (χ3v) is 3.91. The van der Waals surface area contributed by atoms with Crippen LogP contribution >= 0.6 is 11.3 Å². The van der Waals surface area contributed by atoms with Crippen molar-refractivity contribution in [2.45, 2.75) is 18.7 Å². The summed E-state index contributed by atoms with van der Waals surface area (Å²) in [5.41, 5.74) is 0.493. The normalized spacial score (nSPS) is 11.4. The Labute approximate surface area is 86.4 Å². The molecule has 14 heavy (non-hydrogen) atoms. The number of hydrogen-bond acceptors (Lipinski definition) is 5. The molecule has 1 rings (SSSR count). The van der Waals surface area contributed by atoms with Gasteiger partial charge in [-0.05, 0) is 6.92 Å². The van der Waals surface area contributed by atoms with Gasteiger partial charge in [0, 0.05) is 24.1 Å². The molecule has 0 bridgehead atoms. The number of sulfone groups is 1. The largest absolute Gasteiger partial charge is 0.415 e. The Morgan fingerprint density at radius 2 is 2.07 bits per heavy atom. The van der Waals surface area contributed by atoms with Gasteiger partial charge in [-0.15, -0.1) is 11.3 Å². The maximum atomic E-state index is 11.2. The molecule has 0 aliphatic heterocycles. The summed E-state index contributed by atoms with van der Waals surface area (Å²) in [6.07, 6.45) is 1.12. The van der Waals surface area contributed by atoms with Gasteiger partial charge >= 0.3 is 5.97 Å². The summed E-state index contributed by atoms with van der Waals surface area (Å²) in [5.74, 6) is -0.449. The van der Waals surface area contributed by atoms with E-state index in [9.17, 15) is 13.2 Å². The fourth-order valence-corrected chi connectivity index (χ4v) is 3.38. The zero-order chi connectivity index (χ0) is 10.9. The van der Waals surface area contributed by atoms with E-state index in [0.717, 1.165) is 17.6 Å². The number of thiophene rings is 1. The average Bonchev–Trinajstić information content (AvgIpc) is 2.30. The molecule has 0 N–H and O–H groups in total. The Morgan fingerprint density at radius 3 is 2.43 bits per heavy atom. The Kier molecular flexibility index (Phi) is 2.96. The molecule has 0 aliphatic carbocycles. The molecule has 0 saturated carbocycles. The highest BCUT2D eigenvalue weighted by atomic mass is 32.2. The van der Waals surface area contributed by atoms with E-state index in [-0.39, 0.29) is 4.90 Å². The van der Waals surface area contributed by atoms with Crippen LogP contribution in [0.2, 0.25) is 0 Å². The standard InChI is InChI=1S/C8H10O4S2/c1-5-7(14(3,10)11)4-13-8(5)12-6(2)9/h4H,1-3H3. The van der Waals surface area contributed by atoms with Crippen LogP contribution in [0.5, 0.6) is 5.06 Å². The summed E-state index contributed by atoms with van der Waals surface area (Å²) < 4.78 is 27.3. The molecule has 1 heterocycles. The minimum Gasteiger partial charge on any atom is -0.415 e. The lowest BCUT2D eigenvalue weighted by Gasteiger charge is -1.99. The van der Waals surface area contributed by atoms with Crippen molar-refractivity contribution in [1.29, 1.82) is 0 Å². The van der Waals surface area contributed by atoms with E-state index in [0.29, 0.717) is 10.6 Å². The maximum Gasteiger partial charge on any atom is 0.308 e. The fraction of sp³-hybridized carbons (Fsp3) is 0.375. The van der Waals surface area contributed by atoms with Crippen molar-refractivity contribution in [2.75, 3.05) is 6.26 Å². The van der Waals surface area contributed by atoms with E-state index in [2.05, 4.69) is 0 Å². The molecule has 1 aromatic rings. The lowest BCUT2D eigenvalue weighted by Crippen LogP contribution is -2.02. The molecule has 0 unspecified atom stereocenters. The van der Waals surface area contributed by atoms with Crippen molar-refractivity contribution in [3.05, 3.63) is 10.9 Å². The van der Waals surface area contributed by atoms with Gasteiger partial charge in [-0.1, -0.05) is 0 Å². The predicted octanol–water partition coefficient (Wildman–Crippen LogP) is 1.39. The molecular weight excluding hydrogens is 224 g/mol. The Balaban J connectivity index is 3.16. The first kappa shape index (κ1) is 11.2. The van der Waals surface area contributed by atoms with Crippen LogP contribution < -0.4 is 4.74 Å². The molecule has 0 fully saturated rings. The molecular formula is C8H10O4S2. The molecule has 78 valence electrons. The van der Waals surface area contributed by atoms with Gasteiger partial charge in [0.2, 0.25) is 0 Å². The van der Waals surface area contributed by atoms with E-state index >= 15 is 0 Å². The van der Waals surface area contributed by atoms with Gasteiger partial charge in [0.25, 0.3) is 0 Å².